The van der Waals surface area contributed by atoms with Crippen molar-refractivity contribution in [1.29, 1.82) is 0 Å². The highest BCUT2D eigenvalue weighted by molar-refractivity contribution is 5.86. The lowest BCUT2D eigenvalue weighted by Crippen LogP contribution is -2.45. The number of alkyl halides is 2. The van der Waals surface area contributed by atoms with Crippen LogP contribution in [0.15, 0.2) is 41.2 Å². The lowest BCUT2D eigenvalue weighted by Gasteiger charge is -2.32. The molecule has 0 unspecified atom stereocenters. The van der Waals surface area contributed by atoms with Crippen molar-refractivity contribution in [3.63, 3.8) is 0 Å². The number of carbonyl (C=O) groups is 1. The lowest BCUT2D eigenvalue weighted by atomic mass is 9.86. The molecule has 1 aromatic carbocycles. The summed E-state index contributed by atoms with van der Waals surface area (Å²) in [5, 5.41) is 11.3. The van der Waals surface area contributed by atoms with Crippen molar-refractivity contribution in [3.8, 4) is 11.4 Å². The van der Waals surface area contributed by atoms with Crippen LogP contribution in [0, 0.1) is 0 Å². The molecule has 3 aromatic rings. The van der Waals surface area contributed by atoms with Crippen LogP contribution in [0.5, 0.6) is 0 Å². The summed E-state index contributed by atoms with van der Waals surface area (Å²) in [6, 6.07) is 5.77. The number of ether oxygens (including phenoxy) is 1. The molecule has 2 aliphatic rings. The number of hydrogen-bond acceptors (Lipinski definition) is 5. The molecule has 0 saturated carbocycles. The molecule has 0 saturated heterocycles. The zero-order chi connectivity index (χ0) is 19.8. The molecule has 1 N–H and O–H groups in total. The first-order valence-electron chi connectivity index (χ1n) is 8.77. The van der Waals surface area contributed by atoms with Gasteiger partial charge in [-0.2, -0.15) is 8.78 Å². The number of halogens is 2. The number of para-hydroxylation sites is 1. The second-order valence-corrected chi connectivity index (χ2v) is 6.97. The standard InChI is InChI=1S/C20H14F2N2O4/c1-2-19(27)12-8-15-16-13(7-10-5-3-4-6-14(10)23-16)20(21,22)24(15)17(25)11(12)9-28-18(19)26/h3-8,27H,2,9H2,1H3/t19-/m0/s1. The molecule has 0 aliphatic carbocycles. The maximum Gasteiger partial charge on any atom is 0.361 e. The molecule has 28 heavy (non-hydrogen) atoms. The molecule has 0 radical (unpaired) electrons. The fraction of sp³-hybridized carbons (Fsp3) is 0.250. The van der Waals surface area contributed by atoms with E-state index in [2.05, 4.69) is 4.98 Å². The highest BCUT2D eigenvalue weighted by Gasteiger charge is 2.51. The van der Waals surface area contributed by atoms with E-state index in [1.807, 2.05) is 0 Å². The highest BCUT2D eigenvalue weighted by atomic mass is 19.3. The van der Waals surface area contributed by atoms with Crippen LogP contribution in [0.4, 0.5) is 8.78 Å². The Hall–Kier alpha value is -3.13. The van der Waals surface area contributed by atoms with Gasteiger partial charge < -0.3 is 9.84 Å². The summed E-state index contributed by atoms with van der Waals surface area (Å²) in [4.78, 5) is 29.4. The molecule has 4 heterocycles. The van der Waals surface area contributed by atoms with Crippen molar-refractivity contribution >= 4 is 16.9 Å². The van der Waals surface area contributed by atoms with E-state index in [0.29, 0.717) is 15.5 Å². The minimum atomic E-state index is -3.61. The molecule has 5 rings (SSSR count). The van der Waals surface area contributed by atoms with Gasteiger partial charge in [0.25, 0.3) is 5.56 Å². The van der Waals surface area contributed by atoms with E-state index in [-0.39, 0.29) is 28.9 Å². The zero-order valence-electron chi connectivity index (χ0n) is 14.7. The molecule has 2 aliphatic heterocycles. The smallest absolute Gasteiger partial charge is 0.361 e. The van der Waals surface area contributed by atoms with Crippen molar-refractivity contribution in [3.05, 3.63) is 63.4 Å². The topological polar surface area (TPSA) is 81.4 Å². The van der Waals surface area contributed by atoms with Crippen molar-refractivity contribution in [1.82, 2.24) is 9.55 Å². The van der Waals surface area contributed by atoms with Gasteiger partial charge in [0.1, 0.15) is 6.61 Å². The first-order chi connectivity index (χ1) is 13.3. The Morgan fingerprint density at radius 2 is 1.96 bits per heavy atom. The van der Waals surface area contributed by atoms with Crippen LogP contribution in [-0.4, -0.2) is 20.6 Å². The van der Waals surface area contributed by atoms with Crippen LogP contribution < -0.4 is 5.56 Å². The summed E-state index contributed by atoms with van der Waals surface area (Å²) in [5.74, 6) is -0.900. The molecule has 0 amide bonds. The predicted molar refractivity (Wildman–Crippen MR) is 94.7 cm³/mol. The normalized spacial score (nSPS) is 21.8. The zero-order valence-corrected chi connectivity index (χ0v) is 14.7. The fourth-order valence-electron chi connectivity index (χ4n) is 3.97. The summed E-state index contributed by atoms with van der Waals surface area (Å²) in [6.45, 7) is 1.09. The van der Waals surface area contributed by atoms with Crippen LogP contribution in [-0.2, 0) is 27.8 Å². The number of pyridine rings is 2. The highest BCUT2D eigenvalue weighted by Crippen LogP contribution is 2.46. The molecule has 6 nitrogen and oxygen atoms in total. The number of aromatic nitrogens is 2. The molecular formula is C20H14F2N2O4. The average molecular weight is 384 g/mol. The minimum Gasteiger partial charge on any atom is -0.458 e. The van der Waals surface area contributed by atoms with Crippen molar-refractivity contribution in [2.75, 3.05) is 0 Å². The summed E-state index contributed by atoms with van der Waals surface area (Å²) in [5.41, 5.74) is -3.27. The average Bonchev–Trinajstić information content (AvgIpc) is 2.90. The number of fused-ring (bicyclic) bond motifs is 5. The summed E-state index contributed by atoms with van der Waals surface area (Å²) < 4.78 is 35.7. The SMILES string of the molecule is CC[C@@]1(O)C(=O)OCc2c1cc1n(c2=O)C(F)(F)c2cc3ccccc3nc2-1. The number of nitrogens with zero attached hydrogens (tertiary/aromatic N) is 2. The van der Waals surface area contributed by atoms with Gasteiger partial charge in [-0.25, -0.2) is 14.3 Å². The second kappa shape index (κ2) is 5.23. The number of carbonyl (C=O) groups excluding carboxylic acids is 1. The Balaban J connectivity index is 1.89. The number of cyclic esters (lactones) is 1. The van der Waals surface area contributed by atoms with Gasteiger partial charge in [0.05, 0.1) is 28.0 Å². The van der Waals surface area contributed by atoms with E-state index in [1.54, 1.807) is 31.2 Å². The summed E-state index contributed by atoms with van der Waals surface area (Å²) >= 11 is 0. The third-order valence-corrected chi connectivity index (χ3v) is 5.52. The molecule has 0 fully saturated rings. The Bertz CT molecular complexity index is 1250. The van der Waals surface area contributed by atoms with Gasteiger partial charge in [-0.3, -0.25) is 4.79 Å². The number of hydrogen-bond donors (Lipinski definition) is 1. The number of aliphatic hydroxyl groups is 1. The van der Waals surface area contributed by atoms with E-state index in [9.17, 15) is 14.7 Å². The van der Waals surface area contributed by atoms with E-state index in [4.69, 9.17) is 4.74 Å². The fourth-order valence-corrected chi connectivity index (χ4v) is 3.97. The van der Waals surface area contributed by atoms with E-state index in [1.165, 1.54) is 12.1 Å². The number of esters is 1. The van der Waals surface area contributed by atoms with Gasteiger partial charge >= 0.3 is 12.0 Å². The number of rotatable bonds is 1. The Labute approximate surface area is 157 Å². The van der Waals surface area contributed by atoms with E-state index < -0.39 is 35.3 Å². The lowest BCUT2D eigenvalue weighted by molar-refractivity contribution is -0.172. The van der Waals surface area contributed by atoms with Crippen molar-refractivity contribution in [2.45, 2.75) is 31.6 Å². The maximum absolute atomic E-state index is 15.2. The molecule has 8 heteroatoms. The molecule has 1 atom stereocenters. The van der Waals surface area contributed by atoms with E-state index >= 15 is 8.78 Å². The predicted octanol–water partition coefficient (Wildman–Crippen LogP) is 2.63. The van der Waals surface area contributed by atoms with Crippen molar-refractivity contribution < 1.29 is 23.4 Å². The maximum atomic E-state index is 15.2. The quantitative estimate of drug-likeness (QED) is 0.653. The van der Waals surface area contributed by atoms with Crippen LogP contribution >= 0.6 is 0 Å². The summed E-state index contributed by atoms with van der Waals surface area (Å²) in [7, 11) is 0. The largest absolute Gasteiger partial charge is 0.458 e. The monoisotopic (exact) mass is 384 g/mol. The minimum absolute atomic E-state index is 0.00103. The van der Waals surface area contributed by atoms with Gasteiger partial charge in [-0.05, 0) is 24.6 Å². The Morgan fingerprint density at radius 3 is 2.71 bits per heavy atom. The molecule has 0 bridgehead atoms. The first-order valence-corrected chi connectivity index (χ1v) is 8.77. The summed E-state index contributed by atoms with van der Waals surface area (Å²) in [6.07, 6.45) is -0.0594. The van der Waals surface area contributed by atoms with Gasteiger partial charge in [-0.1, -0.05) is 25.1 Å². The molecule has 2 aromatic heterocycles. The second-order valence-electron chi connectivity index (χ2n) is 6.97. The number of benzene rings is 1. The van der Waals surface area contributed by atoms with Crippen LogP contribution in [0.1, 0.15) is 30.0 Å². The Kier molecular flexibility index (Phi) is 3.17. The molecule has 0 spiro atoms. The molecular weight excluding hydrogens is 370 g/mol. The van der Waals surface area contributed by atoms with Gasteiger partial charge in [0.2, 0.25) is 0 Å². The molecule has 142 valence electrons. The third kappa shape index (κ3) is 1.90. The van der Waals surface area contributed by atoms with Gasteiger partial charge in [0, 0.05) is 10.9 Å². The van der Waals surface area contributed by atoms with E-state index in [0.717, 1.165) is 0 Å². The van der Waals surface area contributed by atoms with Crippen LogP contribution in [0.25, 0.3) is 22.3 Å². The van der Waals surface area contributed by atoms with Gasteiger partial charge in [-0.15, -0.1) is 0 Å². The van der Waals surface area contributed by atoms with Crippen LogP contribution in [0.2, 0.25) is 0 Å². The Morgan fingerprint density at radius 1 is 1.21 bits per heavy atom. The van der Waals surface area contributed by atoms with Crippen molar-refractivity contribution in [2.24, 2.45) is 0 Å². The van der Waals surface area contributed by atoms with Gasteiger partial charge in [0.15, 0.2) is 5.60 Å². The first kappa shape index (κ1) is 17.0. The third-order valence-electron chi connectivity index (χ3n) is 5.52. The van der Waals surface area contributed by atoms with Crippen LogP contribution in [0.3, 0.4) is 0 Å².